The minimum Gasteiger partial charge on any atom is -0.365 e. The number of aromatic nitrogens is 5. The van der Waals surface area contributed by atoms with Gasteiger partial charge in [0.05, 0.1) is 18.8 Å². The number of ether oxygens (including phenoxy) is 1. The van der Waals surface area contributed by atoms with Gasteiger partial charge in [0.1, 0.15) is 11.8 Å². The van der Waals surface area contributed by atoms with Crippen molar-refractivity contribution in [1.82, 2.24) is 24.9 Å². The van der Waals surface area contributed by atoms with Crippen molar-refractivity contribution in [2.24, 2.45) is 0 Å². The molecule has 1 unspecified atom stereocenters. The number of fused-ring (bicyclic) bond motifs is 1. The van der Waals surface area contributed by atoms with Crippen LogP contribution in [-0.2, 0) is 17.9 Å². The monoisotopic (exact) mass is 359 g/mol. The van der Waals surface area contributed by atoms with E-state index in [9.17, 15) is 0 Å². The second kappa shape index (κ2) is 6.44. The van der Waals surface area contributed by atoms with Crippen LogP contribution in [0.2, 0.25) is 0 Å². The normalized spacial score (nSPS) is 16.3. The molecule has 0 fully saturated rings. The molecule has 1 aliphatic rings. The van der Waals surface area contributed by atoms with Crippen LogP contribution in [0.3, 0.4) is 0 Å². The maximum Gasteiger partial charge on any atom is 0.278 e. The van der Waals surface area contributed by atoms with Crippen LogP contribution in [-0.4, -0.2) is 24.9 Å². The molecule has 0 spiro atoms. The Kier molecular flexibility index (Phi) is 3.79. The highest BCUT2D eigenvalue weighted by Gasteiger charge is 2.24. The lowest BCUT2D eigenvalue weighted by Gasteiger charge is -2.24. The van der Waals surface area contributed by atoms with Crippen molar-refractivity contribution < 1.29 is 9.26 Å². The molecule has 5 rings (SSSR count). The third-order valence-electron chi connectivity index (χ3n) is 4.62. The van der Waals surface area contributed by atoms with Gasteiger partial charge in [-0.3, -0.25) is 9.67 Å². The molecule has 7 nitrogen and oxygen atoms in total. The van der Waals surface area contributed by atoms with Crippen molar-refractivity contribution in [3.63, 3.8) is 0 Å². The molecule has 7 heteroatoms. The summed E-state index contributed by atoms with van der Waals surface area (Å²) in [5, 5.41) is 8.65. The highest BCUT2D eigenvalue weighted by atomic mass is 16.5. The van der Waals surface area contributed by atoms with E-state index in [1.165, 1.54) is 5.56 Å². The van der Waals surface area contributed by atoms with Gasteiger partial charge in [0.15, 0.2) is 5.69 Å². The first kappa shape index (κ1) is 15.9. The van der Waals surface area contributed by atoms with Gasteiger partial charge in [-0.05, 0) is 30.7 Å². The lowest BCUT2D eigenvalue weighted by molar-refractivity contribution is -0.00113. The summed E-state index contributed by atoms with van der Waals surface area (Å²) in [5.41, 5.74) is 4.69. The molecule has 1 aromatic carbocycles. The Bertz CT molecular complexity index is 1070. The smallest absolute Gasteiger partial charge is 0.278 e. The predicted octanol–water partition coefficient (Wildman–Crippen LogP) is 3.58. The van der Waals surface area contributed by atoms with Gasteiger partial charge in [-0.25, -0.2) is 0 Å². The van der Waals surface area contributed by atoms with Crippen LogP contribution in [0, 0.1) is 6.92 Å². The fraction of sp³-hybridized carbons (Fsp3) is 0.200. The summed E-state index contributed by atoms with van der Waals surface area (Å²) in [6.07, 6.45) is 1.68. The summed E-state index contributed by atoms with van der Waals surface area (Å²) < 4.78 is 13.4. The van der Waals surface area contributed by atoms with E-state index in [0.717, 1.165) is 11.3 Å². The SMILES string of the molecule is Cc1ccc(C2Cn3nc(-c4nc(-c5ccccn5)no4)cc3CO2)cc1. The number of hydrogen-bond acceptors (Lipinski definition) is 6. The second-order valence-electron chi connectivity index (χ2n) is 6.55. The Morgan fingerprint density at radius 1 is 1.07 bits per heavy atom. The molecule has 0 N–H and O–H groups in total. The quantitative estimate of drug-likeness (QED) is 0.556. The Morgan fingerprint density at radius 3 is 2.78 bits per heavy atom. The predicted molar refractivity (Wildman–Crippen MR) is 97.5 cm³/mol. The molecule has 0 saturated heterocycles. The van der Waals surface area contributed by atoms with Crippen LogP contribution in [0.25, 0.3) is 23.1 Å². The Labute approximate surface area is 155 Å². The third kappa shape index (κ3) is 3.02. The van der Waals surface area contributed by atoms with Crippen LogP contribution in [0.1, 0.15) is 22.9 Å². The fourth-order valence-corrected chi connectivity index (χ4v) is 3.14. The molecule has 0 aliphatic carbocycles. The molecule has 3 aromatic heterocycles. The summed E-state index contributed by atoms with van der Waals surface area (Å²) in [5.74, 6) is 0.829. The highest BCUT2D eigenvalue weighted by Crippen LogP contribution is 2.29. The molecule has 0 saturated carbocycles. The number of pyridine rings is 1. The van der Waals surface area contributed by atoms with Gasteiger partial charge in [0.25, 0.3) is 5.89 Å². The number of hydrogen-bond donors (Lipinski definition) is 0. The zero-order valence-corrected chi connectivity index (χ0v) is 14.7. The van der Waals surface area contributed by atoms with E-state index in [0.29, 0.717) is 36.3 Å². The average molecular weight is 359 g/mol. The summed E-state index contributed by atoms with van der Waals surface area (Å²) in [4.78, 5) is 8.66. The van der Waals surface area contributed by atoms with E-state index in [2.05, 4.69) is 51.4 Å². The number of aryl methyl sites for hydroxylation is 1. The largest absolute Gasteiger partial charge is 0.365 e. The molecule has 0 amide bonds. The van der Waals surface area contributed by atoms with Crippen LogP contribution < -0.4 is 0 Å². The maximum atomic E-state index is 6.02. The summed E-state index contributed by atoms with van der Waals surface area (Å²) in [6, 6.07) is 15.9. The zero-order valence-electron chi connectivity index (χ0n) is 14.7. The van der Waals surface area contributed by atoms with Crippen molar-refractivity contribution in [3.05, 3.63) is 71.5 Å². The van der Waals surface area contributed by atoms with Crippen LogP contribution >= 0.6 is 0 Å². The third-order valence-corrected chi connectivity index (χ3v) is 4.62. The highest BCUT2D eigenvalue weighted by molar-refractivity contribution is 5.54. The van der Waals surface area contributed by atoms with Gasteiger partial charge in [0, 0.05) is 6.20 Å². The van der Waals surface area contributed by atoms with E-state index in [1.54, 1.807) is 6.20 Å². The standard InChI is InChI=1S/C20H17N5O2/c1-13-5-7-14(8-6-13)18-11-25-15(12-26-18)10-17(23-25)20-22-19(24-27-20)16-4-2-3-9-21-16/h2-10,18H,11-12H2,1H3. The maximum absolute atomic E-state index is 6.02. The lowest BCUT2D eigenvalue weighted by Crippen LogP contribution is -2.21. The molecule has 0 bridgehead atoms. The van der Waals surface area contributed by atoms with Crippen molar-refractivity contribution >= 4 is 0 Å². The fourth-order valence-electron chi connectivity index (χ4n) is 3.14. The molecule has 0 radical (unpaired) electrons. The Morgan fingerprint density at radius 2 is 1.96 bits per heavy atom. The lowest BCUT2D eigenvalue weighted by atomic mass is 10.1. The van der Waals surface area contributed by atoms with Gasteiger partial charge in [-0.15, -0.1) is 0 Å². The molecule has 1 aliphatic heterocycles. The first-order valence-corrected chi connectivity index (χ1v) is 8.77. The Balaban J connectivity index is 1.40. The summed E-state index contributed by atoms with van der Waals surface area (Å²) in [6.45, 7) is 3.22. The van der Waals surface area contributed by atoms with Gasteiger partial charge in [0.2, 0.25) is 5.82 Å². The second-order valence-corrected chi connectivity index (χ2v) is 6.55. The minimum atomic E-state index is -0.0161. The topological polar surface area (TPSA) is 78.9 Å². The number of rotatable bonds is 3. The first-order valence-electron chi connectivity index (χ1n) is 8.77. The molecular weight excluding hydrogens is 342 g/mol. The van der Waals surface area contributed by atoms with Gasteiger partial charge in [-0.2, -0.15) is 10.1 Å². The van der Waals surface area contributed by atoms with Crippen LogP contribution in [0.15, 0.2) is 59.3 Å². The van der Waals surface area contributed by atoms with E-state index in [1.807, 2.05) is 28.9 Å². The number of benzene rings is 1. The van der Waals surface area contributed by atoms with E-state index in [4.69, 9.17) is 9.26 Å². The van der Waals surface area contributed by atoms with Gasteiger partial charge >= 0.3 is 0 Å². The summed E-state index contributed by atoms with van der Waals surface area (Å²) in [7, 11) is 0. The van der Waals surface area contributed by atoms with Crippen molar-refractivity contribution in [3.8, 4) is 23.1 Å². The van der Waals surface area contributed by atoms with Crippen molar-refractivity contribution in [2.45, 2.75) is 26.2 Å². The Hall–Kier alpha value is -3.32. The summed E-state index contributed by atoms with van der Waals surface area (Å²) >= 11 is 0. The average Bonchev–Trinajstić information content (AvgIpc) is 3.36. The molecule has 27 heavy (non-hydrogen) atoms. The van der Waals surface area contributed by atoms with Crippen LogP contribution in [0.4, 0.5) is 0 Å². The first-order chi connectivity index (χ1) is 13.3. The molecule has 4 heterocycles. The molecule has 4 aromatic rings. The molecule has 1 atom stereocenters. The van der Waals surface area contributed by atoms with Crippen LogP contribution in [0.5, 0.6) is 0 Å². The molecular formula is C20H17N5O2. The van der Waals surface area contributed by atoms with Crippen molar-refractivity contribution in [1.29, 1.82) is 0 Å². The van der Waals surface area contributed by atoms with Crippen molar-refractivity contribution in [2.75, 3.05) is 0 Å². The minimum absolute atomic E-state index is 0.0161. The van der Waals surface area contributed by atoms with E-state index >= 15 is 0 Å². The number of nitrogens with zero attached hydrogens (tertiary/aromatic N) is 5. The van der Waals surface area contributed by atoms with E-state index < -0.39 is 0 Å². The van der Waals surface area contributed by atoms with Gasteiger partial charge in [-0.1, -0.05) is 41.1 Å². The van der Waals surface area contributed by atoms with E-state index in [-0.39, 0.29) is 6.10 Å². The zero-order chi connectivity index (χ0) is 18.2. The molecule has 134 valence electrons. The van der Waals surface area contributed by atoms with Gasteiger partial charge < -0.3 is 9.26 Å².